The number of thiocarbonyl (C=S) groups is 1. The molecule has 7 nitrogen and oxygen atoms in total. The number of anilines is 2. The lowest BCUT2D eigenvalue weighted by Gasteiger charge is -2.12. The van der Waals surface area contributed by atoms with Crippen molar-refractivity contribution in [2.75, 3.05) is 17.7 Å². The Kier molecular flexibility index (Phi) is 5.52. The first-order chi connectivity index (χ1) is 12.6. The number of benzene rings is 1. The third-order valence-electron chi connectivity index (χ3n) is 4.08. The predicted molar refractivity (Wildman–Crippen MR) is 107 cm³/mol. The van der Waals surface area contributed by atoms with Crippen LogP contribution in [0.2, 0.25) is 0 Å². The number of nitrogens with zero attached hydrogens (tertiary/aromatic N) is 4. The second-order valence-electron chi connectivity index (χ2n) is 5.78. The van der Waals surface area contributed by atoms with Crippen molar-refractivity contribution in [2.24, 2.45) is 0 Å². The summed E-state index contributed by atoms with van der Waals surface area (Å²) in [5.74, 6) is 0.732. The normalized spacial score (nSPS) is 10.6. The molecule has 0 saturated carbocycles. The molecule has 0 aliphatic rings. The number of para-hydroxylation sites is 2. The van der Waals surface area contributed by atoms with Gasteiger partial charge in [-0.1, -0.05) is 12.1 Å². The van der Waals surface area contributed by atoms with Gasteiger partial charge < -0.3 is 15.4 Å². The van der Waals surface area contributed by atoms with Gasteiger partial charge in [0, 0.05) is 24.0 Å². The maximum atomic E-state index is 5.38. The molecule has 0 aliphatic carbocycles. The van der Waals surface area contributed by atoms with Gasteiger partial charge in [-0.15, -0.1) is 0 Å². The van der Waals surface area contributed by atoms with Crippen molar-refractivity contribution in [2.45, 2.75) is 26.9 Å². The van der Waals surface area contributed by atoms with Crippen molar-refractivity contribution in [3.05, 3.63) is 54.1 Å². The van der Waals surface area contributed by atoms with E-state index in [-0.39, 0.29) is 0 Å². The van der Waals surface area contributed by atoms with E-state index in [2.05, 4.69) is 34.7 Å². The molecule has 3 aromatic rings. The standard InChI is InChI=1S/C18H22N6OS/c1-4-24-13(2)14(9-20-24)11-23-12-15(10-19-23)21-18(26)22-16-7-5-6-8-17(16)25-3/h5-10,12H,4,11H2,1-3H3,(H2,21,22,26). The molecular formula is C18H22N6OS. The van der Waals surface area contributed by atoms with Gasteiger partial charge in [0.25, 0.3) is 0 Å². The van der Waals surface area contributed by atoms with E-state index in [1.54, 1.807) is 13.3 Å². The smallest absolute Gasteiger partial charge is 0.175 e. The molecule has 0 bridgehead atoms. The molecule has 1 aromatic carbocycles. The van der Waals surface area contributed by atoms with Gasteiger partial charge in [-0.05, 0) is 38.2 Å². The van der Waals surface area contributed by atoms with E-state index >= 15 is 0 Å². The van der Waals surface area contributed by atoms with Crippen LogP contribution in [0.3, 0.4) is 0 Å². The highest BCUT2D eigenvalue weighted by molar-refractivity contribution is 7.80. The van der Waals surface area contributed by atoms with Gasteiger partial charge in [0.15, 0.2) is 5.11 Å². The Bertz CT molecular complexity index is 901. The maximum Gasteiger partial charge on any atom is 0.175 e. The third-order valence-corrected chi connectivity index (χ3v) is 4.29. The zero-order valence-electron chi connectivity index (χ0n) is 15.1. The molecular weight excluding hydrogens is 348 g/mol. The predicted octanol–water partition coefficient (Wildman–Crippen LogP) is 3.27. The number of methoxy groups -OCH3 is 1. The van der Waals surface area contributed by atoms with Crippen LogP contribution in [0.25, 0.3) is 0 Å². The molecule has 26 heavy (non-hydrogen) atoms. The Morgan fingerprint density at radius 2 is 2.00 bits per heavy atom. The molecule has 0 unspecified atom stereocenters. The van der Waals surface area contributed by atoms with Crippen LogP contribution in [-0.4, -0.2) is 31.8 Å². The Morgan fingerprint density at radius 3 is 2.73 bits per heavy atom. The topological polar surface area (TPSA) is 68.9 Å². The van der Waals surface area contributed by atoms with Crippen molar-refractivity contribution >= 4 is 28.7 Å². The van der Waals surface area contributed by atoms with Gasteiger partial charge >= 0.3 is 0 Å². The molecule has 0 aliphatic heterocycles. The Balaban J connectivity index is 1.62. The van der Waals surface area contributed by atoms with Crippen LogP contribution < -0.4 is 15.4 Å². The van der Waals surface area contributed by atoms with Gasteiger partial charge in [0.05, 0.1) is 37.4 Å². The lowest BCUT2D eigenvalue weighted by Crippen LogP contribution is -2.19. The summed E-state index contributed by atoms with van der Waals surface area (Å²) in [6.07, 6.45) is 5.55. The van der Waals surface area contributed by atoms with Crippen LogP contribution in [-0.2, 0) is 13.1 Å². The van der Waals surface area contributed by atoms with E-state index in [1.165, 1.54) is 0 Å². The van der Waals surface area contributed by atoms with E-state index < -0.39 is 0 Å². The largest absolute Gasteiger partial charge is 0.495 e. The lowest BCUT2D eigenvalue weighted by atomic mass is 10.2. The minimum atomic E-state index is 0.476. The number of nitrogens with one attached hydrogen (secondary N) is 2. The molecule has 0 radical (unpaired) electrons. The number of hydrogen-bond acceptors (Lipinski definition) is 4. The summed E-state index contributed by atoms with van der Waals surface area (Å²) in [7, 11) is 1.63. The third kappa shape index (κ3) is 4.02. The summed E-state index contributed by atoms with van der Waals surface area (Å²) in [5, 5.41) is 15.5. The number of ether oxygens (including phenoxy) is 1. The minimum absolute atomic E-state index is 0.476. The summed E-state index contributed by atoms with van der Waals surface area (Å²) >= 11 is 5.38. The minimum Gasteiger partial charge on any atom is -0.495 e. The van der Waals surface area contributed by atoms with E-state index in [0.717, 1.165) is 34.9 Å². The maximum absolute atomic E-state index is 5.38. The van der Waals surface area contributed by atoms with E-state index in [0.29, 0.717) is 11.7 Å². The summed E-state index contributed by atoms with van der Waals surface area (Å²) in [4.78, 5) is 0. The molecule has 3 rings (SSSR count). The molecule has 2 heterocycles. The van der Waals surface area contributed by atoms with Crippen LogP contribution >= 0.6 is 12.2 Å². The highest BCUT2D eigenvalue weighted by atomic mass is 32.1. The number of aromatic nitrogens is 4. The molecule has 0 atom stereocenters. The van der Waals surface area contributed by atoms with Gasteiger partial charge in [0.1, 0.15) is 5.75 Å². The van der Waals surface area contributed by atoms with Gasteiger partial charge in [0.2, 0.25) is 0 Å². The van der Waals surface area contributed by atoms with E-state index in [1.807, 2.05) is 46.0 Å². The second kappa shape index (κ2) is 8.01. The van der Waals surface area contributed by atoms with E-state index in [9.17, 15) is 0 Å². The summed E-state index contributed by atoms with van der Waals surface area (Å²) < 4.78 is 9.15. The Labute approximate surface area is 158 Å². The van der Waals surface area contributed by atoms with Gasteiger partial charge in [-0.2, -0.15) is 10.2 Å². The van der Waals surface area contributed by atoms with Gasteiger partial charge in [-0.25, -0.2) is 0 Å². The number of hydrogen-bond donors (Lipinski definition) is 2. The Hall–Kier alpha value is -2.87. The molecule has 8 heteroatoms. The molecule has 0 saturated heterocycles. The number of aryl methyl sites for hydroxylation is 1. The zero-order chi connectivity index (χ0) is 18.5. The highest BCUT2D eigenvalue weighted by Gasteiger charge is 2.08. The molecule has 0 amide bonds. The van der Waals surface area contributed by atoms with Crippen LogP contribution in [0.5, 0.6) is 5.75 Å². The quantitative estimate of drug-likeness (QED) is 0.649. The second-order valence-corrected chi connectivity index (χ2v) is 6.19. The zero-order valence-corrected chi connectivity index (χ0v) is 15.9. The van der Waals surface area contributed by atoms with Crippen molar-refractivity contribution in [3.8, 4) is 5.75 Å². The fourth-order valence-electron chi connectivity index (χ4n) is 2.68. The van der Waals surface area contributed by atoms with E-state index in [4.69, 9.17) is 17.0 Å². The van der Waals surface area contributed by atoms with Crippen LogP contribution in [0.1, 0.15) is 18.2 Å². The van der Waals surface area contributed by atoms with Gasteiger partial charge in [-0.3, -0.25) is 9.36 Å². The molecule has 0 spiro atoms. The lowest BCUT2D eigenvalue weighted by molar-refractivity contribution is 0.417. The average molecular weight is 370 g/mol. The van der Waals surface area contributed by atoms with Crippen LogP contribution in [0.15, 0.2) is 42.9 Å². The molecule has 136 valence electrons. The monoisotopic (exact) mass is 370 g/mol. The first-order valence-electron chi connectivity index (χ1n) is 8.35. The summed E-state index contributed by atoms with van der Waals surface area (Å²) in [6.45, 7) is 5.68. The number of rotatable bonds is 6. The van der Waals surface area contributed by atoms with Crippen molar-refractivity contribution in [1.29, 1.82) is 0 Å². The SMILES string of the molecule is CCn1ncc(Cn2cc(NC(=S)Nc3ccccc3OC)cn2)c1C. The van der Waals surface area contributed by atoms with Crippen molar-refractivity contribution < 1.29 is 4.74 Å². The first-order valence-corrected chi connectivity index (χ1v) is 8.76. The van der Waals surface area contributed by atoms with Crippen LogP contribution in [0, 0.1) is 6.92 Å². The highest BCUT2D eigenvalue weighted by Crippen LogP contribution is 2.23. The first kappa shape index (κ1) is 17.9. The fraction of sp³-hybridized carbons (Fsp3) is 0.278. The molecule has 2 N–H and O–H groups in total. The average Bonchev–Trinajstić information content (AvgIpc) is 3.22. The van der Waals surface area contributed by atoms with Crippen molar-refractivity contribution in [1.82, 2.24) is 19.6 Å². The Morgan fingerprint density at radius 1 is 1.19 bits per heavy atom. The fourth-order valence-corrected chi connectivity index (χ4v) is 2.91. The summed E-state index contributed by atoms with van der Waals surface area (Å²) in [5.41, 5.74) is 3.93. The van der Waals surface area contributed by atoms with Crippen LogP contribution in [0.4, 0.5) is 11.4 Å². The molecule has 2 aromatic heterocycles. The molecule has 0 fully saturated rings. The summed E-state index contributed by atoms with van der Waals surface area (Å²) in [6, 6.07) is 7.61. The van der Waals surface area contributed by atoms with Crippen molar-refractivity contribution in [3.63, 3.8) is 0 Å².